The highest BCUT2D eigenvalue weighted by atomic mass is 32.2. The first kappa shape index (κ1) is 22.7. The van der Waals surface area contributed by atoms with E-state index in [-0.39, 0.29) is 12.4 Å². The lowest BCUT2D eigenvalue weighted by molar-refractivity contribution is 0.174. The summed E-state index contributed by atoms with van der Waals surface area (Å²) < 4.78 is 20.1. The van der Waals surface area contributed by atoms with Gasteiger partial charge in [0.25, 0.3) is 5.56 Å². The number of thiophene rings is 1. The van der Waals surface area contributed by atoms with Crippen LogP contribution in [0, 0.1) is 5.92 Å². The van der Waals surface area contributed by atoms with E-state index in [9.17, 15) is 4.79 Å². The summed E-state index contributed by atoms with van der Waals surface area (Å²) in [5, 5.41) is 10.6. The molecular weight excluding hydrogens is 508 g/mol. The Bertz CT molecular complexity index is 1720. The molecule has 188 valence electrons. The molecule has 1 atom stereocenters. The Kier molecular flexibility index (Phi) is 5.40. The number of ether oxygens (including phenoxy) is 3. The molecule has 0 unspecified atom stereocenters. The van der Waals surface area contributed by atoms with E-state index < -0.39 is 0 Å². The van der Waals surface area contributed by atoms with Crippen molar-refractivity contribution in [2.75, 3.05) is 13.9 Å². The lowest BCUT2D eigenvalue weighted by atomic mass is 9.89. The van der Waals surface area contributed by atoms with Crippen LogP contribution < -0.4 is 19.8 Å². The van der Waals surface area contributed by atoms with Crippen molar-refractivity contribution in [1.82, 2.24) is 19.2 Å². The number of nitrogens with zero attached hydrogens (tertiary/aromatic N) is 4. The smallest absolute Gasteiger partial charge is 0.268 e. The lowest BCUT2D eigenvalue weighted by Gasteiger charge is -2.17. The van der Waals surface area contributed by atoms with Crippen molar-refractivity contribution < 1.29 is 14.2 Å². The molecule has 0 N–H and O–H groups in total. The van der Waals surface area contributed by atoms with Crippen molar-refractivity contribution in [3.05, 3.63) is 68.8 Å². The Morgan fingerprint density at radius 2 is 1.97 bits per heavy atom. The first-order valence-electron chi connectivity index (χ1n) is 12.2. The van der Waals surface area contributed by atoms with Crippen molar-refractivity contribution in [2.45, 2.75) is 37.1 Å². The molecule has 1 aliphatic carbocycles. The van der Waals surface area contributed by atoms with Crippen LogP contribution in [0.2, 0.25) is 0 Å². The van der Waals surface area contributed by atoms with Crippen LogP contribution in [0.15, 0.2) is 52.4 Å². The fraction of sp³-hybridized carbons (Fsp3) is 0.296. The van der Waals surface area contributed by atoms with Gasteiger partial charge in [0.2, 0.25) is 12.6 Å². The minimum absolute atomic E-state index is 0.0422. The third kappa shape index (κ3) is 3.69. The van der Waals surface area contributed by atoms with Gasteiger partial charge in [-0.3, -0.25) is 4.79 Å². The number of aromatic nitrogens is 4. The number of methoxy groups -OCH3 is 1. The van der Waals surface area contributed by atoms with Crippen LogP contribution in [0.25, 0.3) is 21.7 Å². The van der Waals surface area contributed by atoms with E-state index in [1.54, 1.807) is 34.8 Å². The molecule has 8 nitrogen and oxygen atoms in total. The summed E-state index contributed by atoms with van der Waals surface area (Å²) in [6.07, 6.45) is 3.01. The van der Waals surface area contributed by atoms with Gasteiger partial charge in [0.05, 0.1) is 18.2 Å². The maximum Gasteiger partial charge on any atom is 0.268 e. The van der Waals surface area contributed by atoms with Gasteiger partial charge in [0.1, 0.15) is 10.6 Å². The Balaban J connectivity index is 1.40. The van der Waals surface area contributed by atoms with Crippen molar-refractivity contribution >= 4 is 39.1 Å². The predicted octanol–water partition coefficient (Wildman–Crippen LogP) is 5.25. The summed E-state index contributed by atoms with van der Waals surface area (Å²) in [4.78, 5) is 16.3. The zero-order chi connectivity index (χ0) is 25.1. The van der Waals surface area contributed by atoms with Gasteiger partial charge in [-0.1, -0.05) is 24.8 Å². The number of fused-ring (bicyclic) bond motifs is 6. The van der Waals surface area contributed by atoms with Crippen molar-refractivity contribution in [2.24, 2.45) is 5.92 Å². The van der Waals surface area contributed by atoms with Crippen LogP contribution in [0.3, 0.4) is 0 Å². The standard InChI is InChI=1S/C27H24N4O4S2/c1-15-3-9-19-22(11-15)37-25-23(19)24(32)30(17-5-7-18(33-2)8-6-17)26-28-29-27(31(25)26)36-13-16-4-10-20-21(12-16)35-14-34-20/h4-8,10,12,15H,3,9,11,13-14H2,1-2H3/t15-/m1/s1. The molecular formula is C27H24N4O4S2. The van der Waals surface area contributed by atoms with Gasteiger partial charge < -0.3 is 14.2 Å². The number of aryl methyl sites for hydroxylation is 1. The van der Waals surface area contributed by atoms with Gasteiger partial charge in [-0.2, -0.15) is 0 Å². The third-order valence-corrected chi connectivity index (χ3v) is 9.30. The minimum atomic E-state index is -0.0422. The Morgan fingerprint density at radius 3 is 2.81 bits per heavy atom. The second kappa shape index (κ2) is 8.81. The molecule has 0 spiro atoms. The Hall–Kier alpha value is -3.50. The van der Waals surface area contributed by atoms with E-state index >= 15 is 0 Å². The van der Waals surface area contributed by atoms with Crippen LogP contribution in [-0.2, 0) is 18.6 Å². The molecule has 5 aromatic rings. The average molecular weight is 533 g/mol. The third-order valence-electron chi connectivity index (χ3n) is 7.06. The molecule has 7 rings (SSSR count). The van der Waals surface area contributed by atoms with Crippen LogP contribution in [-0.4, -0.2) is 33.1 Å². The number of hydrogen-bond acceptors (Lipinski definition) is 8. The highest BCUT2D eigenvalue weighted by Crippen LogP contribution is 2.39. The van der Waals surface area contributed by atoms with E-state index in [0.29, 0.717) is 17.4 Å². The molecule has 0 amide bonds. The molecule has 0 bridgehead atoms. The minimum Gasteiger partial charge on any atom is -0.497 e. The van der Waals surface area contributed by atoms with Crippen LogP contribution in [0.1, 0.15) is 29.3 Å². The maximum atomic E-state index is 14.0. The first-order chi connectivity index (χ1) is 18.1. The maximum absolute atomic E-state index is 14.0. The average Bonchev–Trinajstić information content (AvgIpc) is 3.64. The number of hydrogen-bond donors (Lipinski definition) is 0. The van der Waals surface area contributed by atoms with Crippen molar-refractivity contribution in [1.29, 1.82) is 0 Å². The molecule has 3 aromatic heterocycles. The predicted molar refractivity (Wildman–Crippen MR) is 144 cm³/mol. The fourth-order valence-corrected chi connectivity index (χ4v) is 7.57. The van der Waals surface area contributed by atoms with Gasteiger partial charge in [0.15, 0.2) is 16.7 Å². The second-order valence-electron chi connectivity index (χ2n) is 9.46. The van der Waals surface area contributed by atoms with Crippen molar-refractivity contribution in [3.63, 3.8) is 0 Å². The van der Waals surface area contributed by atoms with E-state index in [1.807, 2.05) is 42.5 Å². The van der Waals surface area contributed by atoms with Gasteiger partial charge in [0, 0.05) is 10.6 Å². The Morgan fingerprint density at radius 1 is 1.14 bits per heavy atom. The quantitative estimate of drug-likeness (QED) is 0.286. The second-order valence-corrected chi connectivity index (χ2v) is 11.5. The summed E-state index contributed by atoms with van der Waals surface area (Å²) in [6, 6.07) is 13.5. The molecule has 10 heteroatoms. The fourth-order valence-electron chi connectivity index (χ4n) is 5.14. The first-order valence-corrected chi connectivity index (χ1v) is 14.0. The zero-order valence-electron chi connectivity index (χ0n) is 20.4. The molecule has 0 fully saturated rings. The number of rotatable bonds is 5. The number of thioether (sulfide) groups is 1. The summed E-state index contributed by atoms with van der Waals surface area (Å²) in [7, 11) is 1.63. The van der Waals surface area contributed by atoms with E-state index in [4.69, 9.17) is 14.2 Å². The molecule has 37 heavy (non-hydrogen) atoms. The monoisotopic (exact) mass is 532 g/mol. The zero-order valence-corrected chi connectivity index (χ0v) is 22.0. The van der Waals surface area contributed by atoms with Gasteiger partial charge in [-0.15, -0.1) is 21.5 Å². The summed E-state index contributed by atoms with van der Waals surface area (Å²) in [5.41, 5.74) is 2.98. The SMILES string of the molecule is COc1ccc(-n2c(=O)c3c4c(sc3n3c(SCc5ccc6c(c5)OCO6)nnc23)C[C@H](C)CC4)cc1. The van der Waals surface area contributed by atoms with E-state index in [2.05, 4.69) is 21.5 Å². The molecule has 1 aliphatic heterocycles. The Labute approximate surface area is 220 Å². The van der Waals surface area contributed by atoms with Gasteiger partial charge >= 0.3 is 0 Å². The highest BCUT2D eigenvalue weighted by Gasteiger charge is 2.27. The van der Waals surface area contributed by atoms with Crippen LogP contribution in [0.4, 0.5) is 0 Å². The van der Waals surface area contributed by atoms with E-state index in [0.717, 1.165) is 63.1 Å². The van der Waals surface area contributed by atoms with E-state index in [1.165, 1.54) is 10.4 Å². The van der Waals surface area contributed by atoms with Gasteiger partial charge in [-0.25, -0.2) is 8.97 Å². The summed E-state index contributed by atoms with van der Waals surface area (Å²) in [5.74, 6) is 4.08. The molecule has 0 radical (unpaired) electrons. The molecule has 2 aromatic carbocycles. The topological polar surface area (TPSA) is 79.9 Å². The summed E-state index contributed by atoms with van der Waals surface area (Å²) >= 11 is 3.31. The van der Waals surface area contributed by atoms with Crippen LogP contribution in [0.5, 0.6) is 17.2 Å². The normalized spacial score (nSPS) is 16.4. The number of benzene rings is 2. The van der Waals surface area contributed by atoms with Gasteiger partial charge in [-0.05, 0) is 72.7 Å². The van der Waals surface area contributed by atoms with Crippen molar-refractivity contribution in [3.8, 4) is 22.9 Å². The molecule has 4 heterocycles. The summed E-state index contributed by atoms with van der Waals surface area (Å²) in [6.45, 7) is 2.53. The van der Waals surface area contributed by atoms with Crippen LogP contribution >= 0.6 is 23.1 Å². The molecule has 0 saturated heterocycles. The molecule has 2 aliphatic rings. The highest BCUT2D eigenvalue weighted by molar-refractivity contribution is 7.98. The lowest BCUT2D eigenvalue weighted by Crippen LogP contribution is -2.22. The molecule has 0 saturated carbocycles. The largest absolute Gasteiger partial charge is 0.497 e.